The summed E-state index contributed by atoms with van der Waals surface area (Å²) < 4.78 is 0. The predicted molar refractivity (Wildman–Crippen MR) is 83.6 cm³/mol. The SMILES string of the molecule is CC1(C)[C@@H](CCc2ccc(C#N)cn2)CC[C@@]1(C)N.Cl. The first-order chi connectivity index (χ1) is 8.87. The fourth-order valence-electron chi connectivity index (χ4n) is 3.09. The van der Waals surface area contributed by atoms with Crippen molar-refractivity contribution in [1.82, 2.24) is 4.98 Å². The summed E-state index contributed by atoms with van der Waals surface area (Å²) in [7, 11) is 0. The van der Waals surface area contributed by atoms with Crippen LogP contribution in [-0.2, 0) is 6.42 Å². The zero-order valence-electron chi connectivity index (χ0n) is 12.5. The van der Waals surface area contributed by atoms with Gasteiger partial charge in [0.05, 0.1) is 5.56 Å². The third kappa shape index (κ3) is 3.13. The monoisotopic (exact) mass is 293 g/mol. The van der Waals surface area contributed by atoms with Crippen LogP contribution in [0.3, 0.4) is 0 Å². The first kappa shape index (κ1) is 16.9. The van der Waals surface area contributed by atoms with Crippen LogP contribution in [0.15, 0.2) is 18.3 Å². The van der Waals surface area contributed by atoms with Gasteiger partial charge in [-0.3, -0.25) is 4.98 Å². The van der Waals surface area contributed by atoms with Crippen molar-refractivity contribution in [2.24, 2.45) is 17.1 Å². The minimum absolute atomic E-state index is 0. The van der Waals surface area contributed by atoms with E-state index in [-0.39, 0.29) is 23.4 Å². The molecule has 4 heteroatoms. The highest BCUT2D eigenvalue weighted by molar-refractivity contribution is 5.85. The van der Waals surface area contributed by atoms with Crippen LogP contribution in [0.2, 0.25) is 0 Å². The van der Waals surface area contributed by atoms with Gasteiger partial charge in [-0.1, -0.05) is 13.8 Å². The van der Waals surface area contributed by atoms with Gasteiger partial charge in [-0.25, -0.2) is 0 Å². The molecule has 2 N–H and O–H groups in total. The van der Waals surface area contributed by atoms with E-state index in [4.69, 9.17) is 11.0 Å². The molecule has 1 aromatic rings. The standard InChI is InChI=1S/C16H23N3.ClH/c1-15(2)13(8-9-16(15,3)18)5-7-14-6-4-12(10-17)11-19-14;/h4,6,11,13H,5,7-9,18H2,1-3H3;1H/t13-,16+;/m0./s1. The summed E-state index contributed by atoms with van der Waals surface area (Å²) in [6, 6.07) is 5.90. The van der Waals surface area contributed by atoms with Crippen molar-refractivity contribution in [1.29, 1.82) is 5.26 Å². The lowest BCUT2D eigenvalue weighted by atomic mass is 9.70. The number of aromatic nitrogens is 1. The fourth-order valence-corrected chi connectivity index (χ4v) is 3.09. The van der Waals surface area contributed by atoms with Gasteiger partial charge in [0, 0.05) is 17.4 Å². The number of aryl methyl sites for hydroxylation is 1. The average molecular weight is 294 g/mol. The Labute approximate surface area is 128 Å². The molecule has 1 aromatic heterocycles. The van der Waals surface area contributed by atoms with Crippen molar-refractivity contribution in [3.63, 3.8) is 0 Å². The molecule has 2 atom stereocenters. The quantitative estimate of drug-likeness (QED) is 0.928. The maximum Gasteiger partial charge on any atom is 0.101 e. The van der Waals surface area contributed by atoms with Crippen LogP contribution in [0, 0.1) is 22.7 Å². The van der Waals surface area contributed by atoms with E-state index in [9.17, 15) is 0 Å². The van der Waals surface area contributed by atoms with E-state index in [0.29, 0.717) is 11.5 Å². The van der Waals surface area contributed by atoms with Crippen LogP contribution < -0.4 is 5.73 Å². The predicted octanol–water partition coefficient (Wildman–Crippen LogP) is 3.46. The van der Waals surface area contributed by atoms with Crippen molar-refractivity contribution in [3.05, 3.63) is 29.6 Å². The van der Waals surface area contributed by atoms with Crippen molar-refractivity contribution < 1.29 is 0 Å². The number of rotatable bonds is 3. The van der Waals surface area contributed by atoms with Gasteiger partial charge in [-0.05, 0) is 56.1 Å². The molecule has 20 heavy (non-hydrogen) atoms. The second-order valence-electron chi connectivity index (χ2n) is 6.56. The summed E-state index contributed by atoms with van der Waals surface area (Å²) in [5, 5.41) is 8.75. The molecule has 0 aromatic carbocycles. The molecule has 1 aliphatic carbocycles. The van der Waals surface area contributed by atoms with Gasteiger partial charge in [0.25, 0.3) is 0 Å². The molecule has 0 bridgehead atoms. The minimum atomic E-state index is -0.0598. The van der Waals surface area contributed by atoms with Gasteiger partial charge >= 0.3 is 0 Å². The first-order valence-corrected chi connectivity index (χ1v) is 7.01. The summed E-state index contributed by atoms with van der Waals surface area (Å²) in [4.78, 5) is 4.34. The number of pyridine rings is 1. The van der Waals surface area contributed by atoms with Crippen molar-refractivity contribution in [2.75, 3.05) is 0 Å². The molecule has 0 unspecified atom stereocenters. The van der Waals surface area contributed by atoms with Gasteiger partial charge in [-0.15, -0.1) is 12.4 Å². The maximum absolute atomic E-state index is 8.75. The molecular formula is C16H24ClN3. The van der Waals surface area contributed by atoms with E-state index in [1.165, 1.54) is 6.42 Å². The molecule has 2 rings (SSSR count). The molecule has 3 nitrogen and oxygen atoms in total. The topological polar surface area (TPSA) is 62.7 Å². The van der Waals surface area contributed by atoms with E-state index in [2.05, 4.69) is 31.8 Å². The molecule has 0 amide bonds. The Kier molecular flexibility index (Phi) is 5.18. The van der Waals surface area contributed by atoms with E-state index in [1.54, 1.807) is 6.20 Å². The van der Waals surface area contributed by atoms with E-state index >= 15 is 0 Å². The van der Waals surface area contributed by atoms with Crippen molar-refractivity contribution in [2.45, 2.75) is 52.0 Å². The van der Waals surface area contributed by atoms with E-state index in [0.717, 1.165) is 25.0 Å². The van der Waals surface area contributed by atoms with Crippen LogP contribution in [-0.4, -0.2) is 10.5 Å². The van der Waals surface area contributed by atoms with Crippen LogP contribution in [0.5, 0.6) is 0 Å². The molecule has 0 radical (unpaired) electrons. The van der Waals surface area contributed by atoms with E-state index < -0.39 is 0 Å². The number of halogens is 1. The number of nitrogens with two attached hydrogens (primary N) is 1. The summed E-state index contributed by atoms with van der Waals surface area (Å²) in [5.74, 6) is 0.653. The molecule has 0 aliphatic heterocycles. The van der Waals surface area contributed by atoms with Gasteiger partial charge < -0.3 is 5.73 Å². The number of nitrogens with zero attached hydrogens (tertiary/aromatic N) is 2. The zero-order valence-corrected chi connectivity index (χ0v) is 13.3. The van der Waals surface area contributed by atoms with Gasteiger partial charge in [-0.2, -0.15) is 5.26 Å². The molecule has 110 valence electrons. The molecule has 1 aliphatic rings. The van der Waals surface area contributed by atoms with Crippen LogP contribution in [0.1, 0.15) is 51.3 Å². The Bertz CT molecular complexity index is 485. The minimum Gasteiger partial charge on any atom is -0.325 e. The fraction of sp³-hybridized carbons (Fsp3) is 0.625. The Morgan fingerprint density at radius 3 is 2.55 bits per heavy atom. The Hall–Kier alpha value is -1.11. The lowest BCUT2D eigenvalue weighted by Crippen LogP contribution is -2.48. The molecule has 0 saturated heterocycles. The van der Waals surface area contributed by atoms with Crippen LogP contribution >= 0.6 is 12.4 Å². The smallest absolute Gasteiger partial charge is 0.101 e. The van der Waals surface area contributed by atoms with Crippen LogP contribution in [0.25, 0.3) is 0 Å². The summed E-state index contributed by atoms with van der Waals surface area (Å²) >= 11 is 0. The molecule has 1 heterocycles. The number of nitriles is 1. The first-order valence-electron chi connectivity index (χ1n) is 7.01. The Morgan fingerprint density at radius 1 is 1.40 bits per heavy atom. The highest BCUT2D eigenvalue weighted by Gasteiger charge is 2.48. The molecule has 1 fully saturated rings. The molecular weight excluding hydrogens is 270 g/mol. The summed E-state index contributed by atoms with van der Waals surface area (Å²) in [6.07, 6.45) is 6.05. The largest absolute Gasteiger partial charge is 0.325 e. The number of hydrogen-bond donors (Lipinski definition) is 1. The number of hydrogen-bond acceptors (Lipinski definition) is 3. The lowest BCUT2D eigenvalue weighted by Gasteiger charge is -2.39. The van der Waals surface area contributed by atoms with Crippen LogP contribution in [0.4, 0.5) is 0 Å². The van der Waals surface area contributed by atoms with Crippen molar-refractivity contribution in [3.8, 4) is 6.07 Å². The second kappa shape index (κ2) is 6.11. The average Bonchev–Trinajstić information content (AvgIpc) is 2.58. The second-order valence-corrected chi connectivity index (χ2v) is 6.56. The summed E-state index contributed by atoms with van der Waals surface area (Å²) in [5.41, 5.74) is 8.22. The highest BCUT2D eigenvalue weighted by Crippen LogP contribution is 2.50. The Balaban J connectivity index is 0.00000200. The zero-order chi connectivity index (χ0) is 14.1. The summed E-state index contributed by atoms with van der Waals surface area (Å²) in [6.45, 7) is 6.75. The van der Waals surface area contributed by atoms with Crippen molar-refractivity contribution >= 4 is 12.4 Å². The van der Waals surface area contributed by atoms with Gasteiger partial charge in [0.1, 0.15) is 6.07 Å². The lowest BCUT2D eigenvalue weighted by molar-refractivity contribution is 0.157. The third-order valence-corrected chi connectivity index (χ3v) is 5.21. The van der Waals surface area contributed by atoms with Gasteiger partial charge in [0.15, 0.2) is 0 Å². The highest BCUT2D eigenvalue weighted by atomic mass is 35.5. The Morgan fingerprint density at radius 2 is 2.10 bits per heavy atom. The molecule has 0 spiro atoms. The third-order valence-electron chi connectivity index (χ3n) is 5.21. The van der Waals surface area contributed by atoms with Gasteiger partial charge in [0.2, 0.25) is 0 Å². The normalized spacial score (nSPS) is 27.6. The van der Waals surface area contributed by atoms with E-state index in [1.807, 2.05) is 12.1 Å². The molecule has 1 saturated carbocycles. The maximum atomic E-state index is 8.75.